The van der Waals surface area contributed by atoms with Gasteiger partial charge in [0.1, 0.15) is 11.5 Å². The molecular formula is C17H16ClNO5S2. The van der Waals surface area contributed by atoms with Gasteiger partial charge >= 0.3 is 0 Å². The molecule has 0 radical (unpaired) electrons. The molecule has 0 saturated heterocycles. The maximum atomic E-state index is 12.6. The van der Waals surface area contributed by atoms with Crippen molar-refractivity contribution in [2.45, 2.75) is 10.5 Å². The Balaban J connectivity index is 1.88. The highest BCUT2D eigenvalue weighted by molar-refractivity contribution is 7.89. The van der Waals surface area contributed by atoms with Crippen molar-refractivity contribution >= 4 is 33.0 Å². The Bertz CT molecular complexity index is 935. The molecule has 6 nitrogen and oxygen atoms in total. The molecule has 3 rings (SSSR count). The van der Waals surface area contributed by atoms with Crippen LogP contribution in [0.3, 0.4) is 0 Å². The highest BCUT2D eigenvalue weighted by Gasteiger charge is 2.37. The van der Waals surface area contributed by atoms with Gasteiger partial charge in [0, 0.05) is 4.88 Å². The van der Waals surface area contributed by atoms with Crippen molar-refractivity contribution in [1.82, 2.24) is 4.72 Å². The number of methoxy groups -OCH3 is 1. The fourth-order valence-corrected chi connectivity index (χ4v) is 4.66. The van der Waals surface area contributed by atoms with E-state index in [1.165, 1.54) is 42.9 Å². The molecule has 0 aliphatic heterocycles. The van der Waals surface area contributed by atoms with Crippen molar-refractivity contribution in [3.63, 3.8) is 0 Å². The fourth-order valence-electron chi connectivity index (χ4n) is 2.42. The molecule has 1 atom stereocenters. The molecule has 0 fully saturated rings. The fraction of sp³-hybridized carbons (Fsp3) is 0.176. The summed E-state index contributed by atoms with van der Waals surface area (Å²) in [5.74, 6) is 0.617. The monoisotopic (exact) mass is 413 g/mol. The Labute approximate surface area is 160 Å². The highest BCUT2D eigenvalue weighted by Crippen LogP contribution is 2.33. The van der Waals surface area contributed by atoms with Crippen LogP contribution in [0.4, 0.5) is 0 Å². The van der Waals surface area contributed by atoms with Crippen LogP contribution in [-0.4, -0.2) is 27.2 Å². The van der Waals surface area contributed by atoms with Crippen LogP contribution in [-0.2, 0) is 15.6 Å². The van der Waals surface area contributed by atoms with E-state index in [0.29, 0.717) is 10.6 Å². The molecule has 9 heteroatoms. The van der Waals surface area contributed by atoms with E-state index < -0.39 is 15.6 Å². The number of thiophene rings is 1. The molecule has 26 heavy (non-hydrogen) atoms. The summed E-state index contributed by atoms with van der Waals surface area (Å²) in [5.41, 5.74) is -1.62. The lowest BCUT2D eigenvalue weighted by molar-refractivity contribution is 0.0655. The van der Waals surface area contributed by atoms with E-state index in [9.17, 15) is 13.5 Å². The van der Waals surface area contributed by atoms with E-state index in [-0.39, 0.29) is 22.2 Å². The van der Waals surface area contributed by atoms with Gasteiger partial charge in [0.25, 0.3) is 0 Å². The number of halogens is 1. The van der Waals surface area contributed by atoms with Crippen molar-refractivity contribution in [1.29, 1.82) is 0 Å². The first-order valence-corrected chi connectivity index (χ1v) is 10.2. The quantitative estimate of drug-likeness (QED) is 0.620. The van der Waals surface area contributed by atoms with Gasteiger partial charge in [-0.2, -0.15) is 0 Å². The van der Waals surface area contributed by atoms with Gasteiger partial charge in [0.15, 0.2) is 5.60 Å². The number of hydrogen-bond acceptors (Lipinski definition) is 6. The zero-order chi connectivity index (χ0) is 18.8. The molecule has 2 aromatic heterocycles. The predicted octanol–water partition coefficient (Wildman–Crippen LogP) is 3.22. The molecule has 2 N–H and O–H groups in total. The molecule has 0 aliphatic carbocycles. The third-order valence-electron chi connectivity index (χ3n) is 3.81. The molecule has 0 amide bonds. The van der Waals surface area contributed by atoms with Gasteiger partial charge < -0.3 is 14.3 Å². The van der Waals surface area contributed by atoms with E-state index >= 15 is 0 Å². The Hall–Kier alpha value is -1.84. The number of rotatable bonds is 7. The number of hydrogen-bond donors (Lipinski definition) is 2. The number of furan rings is 1. The lowest BCUT2D eigenvalue weighted by Gasteiger charge is -2.25. The molecule has 0 unspecified atom stereocenters. The highest BCUT2D eigenvalue weighted by atomic mass is 35.5. The molecule has 0 saturated carbocycles. The predicted molar refractivity (Wildman–Crippen MR) is 99.2 cm³/mol. The summed E-state index contributed by atoms with van der Waals surface area (Å²) in [6.45, 7) is -0.299. The smallest absolute Gasteiger partial charge is 0.240 e. The lowest BCUT2D eigenvalue weighted by Crippen LogP contribution is -2.40. The first-order chi connectivity index (χ1) is 12.4. The average molecular weight is 414 g/mol. The van der Waals surface area contributed by atoms with Crippen molar-refractivity contribution in [3.05, 3.63) is 69.8 Å². The van der Waals surface area contributed by atoms with Crippen molar-refractivity contribution in [2.24, 2.45) is 0 Å². The first kappa shape index (κ1) is 18.9. The van der Waals surface area contributed by atoms with E-state index in [1.54, 1.807) is 29.6 Å². The summed E-state index contributed by atoms with van der Waals surface area (Å²) < 4.78 is 38.0. The minimum Gasteiger partial charge on any atom is -0.495 e. The van der Waals surface area contributed by atoms with Gasteiger partial charge in [-0.3, -0.25) is 0 Å². The Morgan fingerprint density at radius 2 is 2.12 bits per heavy atom. The molecular weight excluding hydrogens is 398 g/mol. The molecule has 3 aromatic rings. The maximum absolute atomic E-state index is 12.6. The van der Waals surface area contributed by atoms with Crippen LogP contribution in [0.5, 0.6) is 5.75 Å². The summed E-state index contributed by atoms with van der Waals surface area (Å²) >= 11 is 7.31. The number of nitrogens with one attached hydrogen (secondary N) is 1. The second kappa shape index (κ2) is 7.42. The summed E-state index contributed by atoms with van der Waals surface area (Å²) in [6, 6.07) is 10.8. The Morgan fingerprint density at radius 3 is 2.69 bits per heavy atom. The maximum Gasteiger partial charge on any atom is 0.240 e. The summed E-state index contributed by atoms with van der Waals surface area (Å²) in [4.78, 5) is 0.527. The molecule has 0 spiro atoms. The zero-order valence-electron chi connectivity index (χ0n) is 13.7. The molecule has 2 heterocycles. The average Bonchev–Trinajstić information content (AvgIpc) is 3.33. The Morgan fingerprint density at radius 1 is 1.31 bits per heavy atom. The number of aliphatic hydroxyl groups is 1. The van der Waals surface area contributed by atoms with Crippen molar-refractivity contribution in [3.8, 4) is 5.75 Å². The van der Waals surface area contributed by atoms with Gasteiger partial charge in [0.2, 0.25) is 10.0 Å². The van der Waals surface area contributed by atoms with Crippen molar-refractivity contribution in [2.75, 3.05) is 13.7 Å². The number of sulfonamides is 1. The van der Waals surface area contributed by atoms with Gasteiger partial charge in [-0.15, -0.1) is 11.3 Å². The molecule has 0 bridgehead atoms. The standard InChI is InChI=1S/C17H16ClNO5S2/c1-23-14-7-6-12(10-13(14)18)26(21,22)19-11-17(20,15-4-2-8-24-15)16-5-3-9-25-16/h2-10,19-20H,11H2,1H3/t17-/m1/s1. The largest absolute Gasteiger partial charge is 0.495 e. The lowest BCUT2D eigenvalue weighted by atomic mass is 9.99. The molecule has 1 aromatic carbocycles. The second-order valence-electron chi connectivity index (χ2n) is 5.44. The van der Waals surface area contributed by atoms with Crippen LogP contribution < -0.4 is 9.46 Å². The Kier molecular flexibility index (Phi) is 5.40. The van der Waals surface area contributed by atoms with E-state index in [0.717, 1.165) is 0 Å². The van der Waals surface area contributed by atoms with Crippen LogP contribution in [0, 0.1) is 0 Å². The molecule has 138 valence electrons. The van der Waals surface area contributed by atoms with Crippen LogP contribution in [0.25, 0.3) is 0 Å². The van der Waals surface area contributed by atoms with E-state index in [1.807, 2.05) is 0 Å². The SMILES string of the molecule is COc1ccc(S(=O)(=O)NC[C@@](O)(c2ccco2)c2cccs2)cc1Cl. The first-order valence-electron chi connectivity index (χ1n) is 7.50. The molecule has 0 aliphatic rings. The minimum atomic E-state index is -3.91. The zero-order valence-corrected chi connectivity index (χ0v) is 16.1. The summed E-state index contributed by atoms with van der Waals surface area (Å²) in [7, 11) is -2.47. The van der Waals surface area contributed by atoms with E-state index in [2.05, 4.69) is 4.72 Å². The second-order valence-corrected chi connectivity index (χ2v) is 8.56. The van der Waals surface area contributed by atoms with Gasteiger partial charge in [-0.05, 0) is 41.8 Å². The van der Waals surface area contributed by atoms with Crippen LogP contribution >= 0.6 is 22.9 Å². The topological polar surface area (TPSA) is 88.8 Å². The summed E-state index contributed by atoms with van der Waals surface area (Å²) in [6.07, 6.45) is 1.42. The number of benzene rings is 1. The minimum absolute atomic E-state index is 0.0312. The van der Waals surface area contributed by atoms with Gasteiger partial charge in [-0.25, -0.2) is 13.1 Å². The van der Waals surface area contributed by atoms with Crippen LogP contribution in [0.15, 0.2) is 63.4 Å². The number of ether oxygens (including phenoxy) is 1. The van der Waals surface area contributed by atoms with Gasteiger partial charge in [0.05, 0.1) is 29.8 Å². The van der Waals surface area contributed by atoms with Crippen LogP contribution in [0.2, 0.25) is 5.02 Å². The van der Waals surface area contributed by atoms with E-state index in [4.69, 9.17) is 20.8 Å². The van der Waals surface area contributed by atoms with Gasteiger partial charge in [-0.1, -0.05) is 17.7 Å². The normalized spacial score (nSPS) is 14.1. The van der Waals surface area contributed by atoms with Crippen LogP contribution in [0.1, 0.15) is 10.6 Å². The third-order valence-corrected chi connectivity index (χ3v) is 6.52. The summed E-state index contributed by atoms with van der Waals surface area (Å²) in [5, 5.41) is 13.1. The van der Waals surface area contributed by atoms with Crippen molar-refractivity contribution < 1.29 is 22.7 Å². The third kappa shape index (κ3) is 3.65.